The van der Waals surface area contributed by atoms with Gasteiger partial charge in [0.2, 0.25) is 0 Å². The van der Waals surface area contributed by atoms with E-state index in [2.05, 4.69) is 50.8 Å². The van der Waals surface area contributed by atoms with Gasteiger partial charge in [-0.1, -0.05) is 24.3 Å². The zero-order chi connectivity index (χ0) is 25.6. The number of amides is 1. The average molecular weight is 495 g/mol. The Morgan fingerprint density at radius 1 is 0.973 bits per heavy atom. The number of carbonyl (C=O) groups excluding carboxylic acids is 2. The molecule has 0 saturated carbocycles. The van der Waals surface area contributed by atoms with Crippen molar-refractivity contribution < 1.29 is 14.3 Å². The van der Waals surface area contributed by atoms with Gasteiger partial charge in [0.05, 0.1) is 12.7 Å². The highest BCUT2D eigenvalue weighted by molar-refractivity contribution is 6.04. The molecule has 1 aliphatic heterocycles. The molecular weight excluding hydrogens is 464 g/mol. The third-order valence-electron chi connectivity index (χ3n) is 6.79. The smallest absolute Gasteiger partial charge is 0.337 e. The number of esters is 1. The minimum absolute atomic E-state index is 0.218. The molecule has 1 aliphatic rings. The molecule has 1 saturated heterocycles. The first-order chi connectivity index (χ1) is 18.1. The van der Waals surface area contributed by atoms with Crippen LogP contribution in [0.25, 0.3) is 10.8 Å². The number of ether oxygens (including phenoxy) is 1. The molecule has 2 N–H and O–H groups in total. The van der Waals surface area contributed by atoms with Gasteiger partial charge in [0, 0.05) is 65.8 Å². The molecule has 4 aromatic rings. The van der Waals surface area contributed by atoms with Gasteiger partial charge in [0.1, 0.15) is 0 Å². The molecule has 0 bridgehead atoms. The summed E-state index contributed by atoms with van der Waals surface area (Å²) < 4.78 is 4.71. The van der Waals surface area contributed by atoms with Crippen LogP contribution in [0.5, 0.6) is 0 Å². The lowest BCUT2D eigenvalue weighted by Gasteiger charge is -2.33. The lowest BCUT2D eigenvalue weighted by atomic mass is 10.0. The Balaban J connectivity index is 1.14. The standard InChI is InChI=1S/C30H30N4O3/c1-37-30(36)23-10-8-22(9-11-23)29(35)33-26-6-2-4-21(18-26)20-34-16-13-25(14-17-34)32-28-7-3-5-24-19-31-15-12-27(24)28/h2-12,15,18-19,25,32H,13-14,16-17,20H2,1H3,(H,33,35). The number of nitrogens with zero attached hydrogens (tertiary/aromatic N) is 2. The molecule has 1 fully saturated rings. The van der Waals surface area contributed by atoms with Gasteiger partial charge >= 0.3 is 5.97 Å². The van der Waals surface area contributed by atoms with Crippen molar-refractivity contribution in [3.8, 4) is 0 Å². The molecule has 1 amide bonds. The van der Waals surface area contributed by atoms with E-state index in [4.69, 9.17) is 4.74 Å². The van der Waals surface area contributed by atoms with Crippen molar-refractivity contribution in [3.63, 3.8) is 0 Å². The number of pyridine rings is 1. The summed E-state index contributed by atoms with van der Waals surface area (Å²) >= 11 is 0. The minimum atomic E-state index is -0.425. The number of methoxy groups -OCH3 is 1. The summed E-state index contributed by atoms with van der Waals surface area (Å²) in [6, 6.07) is 23.2. The maximum atomic E-state index is 12.7. The number of benzene rings is 3. The first kappa shape index (κ1) is 24.5. The highest BCUT2D eigenvalue weighted by Gasteiger charge is 2.20. The largest absolute Gasteiger partial charge is 0.465 e. The number of carbonyl (C=O) groups is 2. The molecule has 0 unspecified atom stereocenters. The highest BCUT2D eigenvalue weighted by atomic mass is 16.5. The van der Waals surface area contributed by atoms with E-state index in [1.165, 1.54) is 18.2 Å². The normalized spacial score (nSPS) is 14.3. The number of fused-ring (bicyclic) bond motifs is 1. The van der Waals surface area contributed by atoms with E-state index in [-0.39, 0.29) is 5.91 Å². The van der Waals surface area contributed by atoms with Crippen molar-refractivity contribution in [2.75, 3.05) is 30.8 Å². The Labute approximate surface area is 216 Å². The average Bonchev–Trinajstić information content (AvgIpc) is 2.94. The summed E-state index contributed by atoms with van der Waals surface area (Å²) in [7, 11) is 1.33. The first-order valence-electron chi connectivity index (χ1n) is 12.5. The zero-order valence-electron chi connectivity index (χ0n) is 20.8. The Morgan fingerprint density at radius 2 is 1.73 bits per heavy atom. The summed E-state index contributed by atoms with van der Waals surface area (Å²) in [5.41, 5.74) is 3.97. The van der Waals surface area contributed by atoms with Crippen LogP contribution in [0, 0.1) is 0 Å². The number of rotatable bonds is 7. The third-order valence-corrected chi connectivity index (χ3v) is 6.79. The first-order valence-corrected chi connectivity index (χ1v) is 12.5. The summed E-state index contributed by atoms with van der Waals surface area (Å²) in [6.45, 7) is 2.85. The van der Waals surface area contributed by atoms with Crippen molar-refractivity contribution in [1.82, 2.24) is 9.88 Å². The van der Waals surface area contributed by atoms with Crippen LogP contribution in [-0.4, -0.2) is 48.0 Å². The topological polar surface area (TPSA) is 83.6 Å². The van der Waals surface area contributed by atoms with Crippen LogP contribution >= 0.6 is 0 Å². The predicted molar refractivity (Wildman–Crippen MR) is 146 cm³/mol. The molecule has 0 aliphatic carbocycles. The second kappa shape index (κ2) is 11.2. The number of hydrogen-bond donors (Lipinski definition) is 2. The van der Waals surface area contributed by atoms with Crippen LogP contribution in [0.15, 0.2) is 85.2 Å². The second-order valence-electron chi connectivity index (χ2n) is 9.32. The highest BCUT2D eigenvalue weighted by Crippen LogP contribution is 2.25. The Hall–Kier alpha value is -4.23. The van der Waals surface area contributed by atoms with Crippen LogP contribution in [0.4, 0.5) is 11.4 Å². The SMILES string of the molecule is COC(=O)c1ccc(C(=O)Nc2cccc(CN3CCC(Nc4cccc5cnccc45)CC3)c2)cc1. The molecular formula is C30H30N4O3. The summed E-state index contributed by atoms with van der Waals surface area (Å²) in [5.74, 6) is -0.643. The molecule has 0 atom stereocenters. The van der Waals surface area contributed by atoms with Gasteiger partial charge in [-0.25, -0.2) is 4.79 Å². The molecule has 3 aromatic carbocycles. The van der Waals surface area contributed by atoms with Gasteiger partial charge in [0.25, 0.3) is 5.91 Å². The Morgan fingerprint density at radius 3 is 2.51 bits per heavy atom. The van der Waals surface area contributed by atoms with Gasteiger partial charge in [-0.3, -0.25) is 14.7 Å². The van der Waals surface area contributed by atoms with Gasteiger partial charge in [-0.2, -0.15) is 0 Å². The second-order valence-corrected chi connectivity index (χ2v) is 9.32. The van der Waals surface area contributed by atoms with Gasteiger partial charge in [-0.15, -0.1) is 0 Å². The molecule has 5 rings (SSSR count). The minimum Gasteiger partial charge on any atom is -0.465 e. The van der Waals surface area contributed by atoms with E-state index in [1.807, 2.05) is 30.6 Å². The van der Waals surface area contributed by atoms with E-state index >= 15 is 0 Å². The lowest BCUT2D eigenvalue weighted by Crippen LogP contribution is -2.38. The van der Waals surface area contributed by atoms with Crippen LogP contribution in [0.3, 0.4) is 0 Å². The third kappa shape index (κ3) is 5.95. The maximum absolute atomic E-state index is 12.7. The van der Waals surface area contributed by atoms with Crippen molar-refractivity contribution in [2.45, 2.75) is 25.4 Å². The fourth-order valence-electron chi connectivity index (χ4n) is 4.79. The summed E-state index contributed by atoms with van der Waals surface area (Å²) in [6.07, 6.45) is 5.88. The quantitative estimate of drug-likeness (QED) is 0.337. The molecule has 7 nitrogen and oxygen atoms in total. The number of aromatic nitrogens is 1. The van der Waals surface area contributed by atoms with E-state index < -0.39 is 5.97 Å². The van der Waals surface area contributed by atoms with Gasteiger partial charge < -0.3 is 15.4 Å². The molecule has 37 heavy (non-hydrogen) atoms. The van der Waals surface area contributed by atoms with Crippen molar-refractivity contribution >= 4 is 34.0 Å². The van der Waals surface area contributed by atoms with Crippen LogP contribution < -0.4 is 10.6 Å². The Bertz CT molecular complexity index is 1390. The number of anilines is 2. The van der Waals surface area contributed by atoms with Gasteiger partial charge in [-0.05, 0) is 66.9 Å². The summed E-state index contributed by atoms with van der Waals surface area (Å²) in [5, 5.41) is 9.05. The molecule has 188 valence electrons. The van der Waals surface area contributed by atoms with Crippen molar-refractivity contribution in [2.24, 2.45) is 0 Å². The molecule has 0 radical (unpaired) electrons. The number of hydrogen-bond acceptors (Lipinski definition) is 6. The summed E-state index contributed by atoms with van der Waals surface area (Å²) in [4.78, 5) is 31.0. The van der Waals surface area contributed by atoms with Crippen LogP contribution in [0.1, 0.15) is 39.1 Å². The predicted octanol–water partition coefficient (Wildman–Crippen LogP) is 5.35. The Kier molecular flexibility index (Phi) is 7.42. The van der Waals surface area contributed by atoms with Crippen molar-refractivity contribution in [1.29, 1.82) is 0 Å². The van der Waals surface area contributed by atoms with E-state index in [0.29, 0.717) is 17.2 Å². The molecule has 7 heteroatoms. The molecule has 1 aromatic heterocycles. The maximum Gasteiger partial charge on any atom is 0.337 e. The van der Waals surface area contributed by atoms with Crippen LogP contribution in [0.2, 0.25) is 0 Å². The van der Waals surface area contributed by atoms with E-state index in [9.17, 15) is 9.59 Å². The van der Waals surface area contributed by atoms with Gasteiger partial charge in [0.15, 0.2) is 0 Å². The number of piperidine rings is 1. The zero-order valence-corrected chi connectivity index (χ0v) is 20.8. The monoisotopic (exact) mass is 494 g/mol. The lowest BCUT2D eigenvalue weighted by molar-refractivity contribution is 0.0600. The van der Waals surface area contributed by atoms with E-state index in [0.717, 1.165) is 49.1 Å². The molecule has 0 spiro atoms. The number of nitrogens with one attached hydrogen (secondary N) is 2. The van der Waals surface area contributed by atoms with E-state index in [1.54, 1.807) is 24.3 Å². The van der Waals surface area contributed by atoms with Crippen molar-refractivity contribution in [3.05, 3.63) is 102 Å². The molecule has 2 heterocycles. The number of likely N-dealkylation sites (tertiary alicyclic amines) is 1. The van der Waals surface area contributed by atoms with Crippen LogP contribution in [-0.2, 0) is 11.3 Å². The fraction of sp³-hybridized carbons (Fsp3) is 0.233. The fourth-order valence-corrected chi connectivity index (χ4v) is 4.79.